The Hall–Kier alpha value is -1.26. The number of rotatable bonds is 5. The Morgan fingerprint density at radius 3 is 2.67 bits per heavy atom. The molecule has 0 bridgehead atoms. The number of benzene rings is 1. The second-order valence-corrected chi connectivity index (χ2v) is 5.45. The predicted octanol–water partition coefficient (Wildman–Crippen LogP) is 3.00. The Morgan fingerprint density at radius 1 is 1.33 bits per heavy atom. The van der Waals surface area contributed by atoms with Gasteiger partial charge in [-0.1, -0.05) is 17.7 Å². The Labute approximate surface area is 112 Å². The zero-order valence-corrected chi connectivity index (χ0v) is 11.7. The van der Waals surface area contributed by atoms with E-state index in [1.165, 1.54) is 10.5 Å². The summed E-state index contributed by atoms with van der Waals surface area (Å²) < 4.78 is 1.91. The van der Waals surface area contributed by atoms with Gasteiger partial charge >= 0.3 is 0 Å². The van der Waals surface area contributed by atoms with Gasteiger partial charge in [0, 0.05) is 35.0 Å². The minimum absolute atomic E-state index is 0.0385. The molecule has 0 spiro atoms. The molecule has 96 valence electrons. The van der Waals surface area contributed by atoms with Crippen LogP contribution in [0.4, 0.5) is 0 Å². The van der Waals surface area contributed by atoms with Crippen LogP contribution in [0, 0.1) is 6.92 Å². The van der Waals surface area contributed by atoms with Gasteiger partial charge in [0.15, 0.2) is 0 Å². The molecule has 1 aromatic carbocycles. The summed E-state index contributed by atoms with van der Waals surface area (Å²) in [5.41, 5.74) is 8.56. The van der Waals surface area contributed by atoms with Gasteiger partial charge in [-0.2, -0.15) is 5.10 Å². The van der Waals surface area contributed by atoms with Gasteiger partial charge in [0.25, 0.3) is 0 Å². The summed E-state index contributed by atoms with van der Waals surface area (Å²) in [7, 11) is 0. The van der Waals surface area contributed by atoms with Crippen molar-refractivity contribution in [2.45, 2.75) is 31.3 Å². The first-order valence-electron chi connectivity index (χ1n) is 6.16. The number of aryl methyl sites for hydroxylation is 2. The summed E-state index contributed by atoms with van der Waals surface area (Å²) in [6.45, 7) is 5.06. The fourth-order valence-electron chi connectivity index (χ4n) is 1.66. The molecule has 2 rings (SSSR count). The van der Waals surface area contributed by atoms with E-state index in [0.29, 0.717) is 0 Å². The van der Waals surface area contributed by atoms with Gasteiger partial charge in [-0.25, -0.2) is 0 Å². The number of nitrogens with zero attached hydrogens (tertiary/aromatic N) is 2. The molecule has 0 fully saturated rings. The maximum atomic E-state index is 6.17. The molecule has 1 unspecified atom stereocenters. The zero-order valence-electron chi connectivity index (χ0n) is 10.8. The fraction of sp³-hybridized carbons (Fsp3) is 0.357. The summed E-state index contributed by atoms with van der Waals surface area (Å²) >= 11 is 1.79. The standard InChI is InChI=1S/C14H19N3S/c1-3-17-9-12(8-16-17)14(15)10-18-13-6-4-11(2)5-7-13/h4-9,14H,3,10,15H2,1-2H3. The van der Waals surface area contributed by atoms with Crippen LogP contribution in [-0.2, 0) is 6.54 Å². The van der Waals surface area contributed by atoms with Crippen molar-refractivity contribution >= 4 is 11.8 Å². The van der Waals surface area contributed by atoms with E-state index in [0.717, 1.165) is 17.9 Å². The maximum absolute atomic E-state index is 6.17. The number of aromatic nitrogens is 2. The molecule has 18 heavy (non-hydrogen) atoms. The summed E-state index contributed by atoms with van der Waals surface area (Å²) in [4.78, 5) is 1.26. The molecule has 0 aliphatic carbocycles. The Balaban J connectivity index is 1.91. The minimum Gasteiger partial charge on any atom is -0.323 e. The topological polar surface area (TPSA) is 43.8 Å². The van der Waals surface area contributed by atoms with Gasteiger partial charge in [-0.05, 0) is 26.0 Å². The molecule has 0 saturated heterocycles. The van der Waals surface area contributed by atoms with Crippen LogP contribution < -0.4 is 5.73 Å². The fourth-order valence-corrected chi connectivity index (χ4v) is 2.55. The number of hydrogen-bond acceptors (Lipinski definition) is 3. The second kappa shape index (κ2) is 6.07. The second-order valence-electron chi connectivity index (χ2n) is 4.36. The molecule has 3 nitrogen and oxygen atoms in total. The van der Waals surface area contributed by atoms with Crippen LogP contribution >= 0.6 is 11.8 Å². The number of nitrogens with two attached hydrogens (primary N) is 1. The van der Waals surface area contributed by atoms with Crippen LogP contribution in [0.3, 0.4) is 0 Å². The SMILES string of the molecule is CCn1cc(C(N)CSc2ccc(C)cc2)cn1. The van der Waals surface area contributed by atoms with Gasteiger partial charge in [-0.15, -0.1) is 11.8 Å². The first kappa shape index (κ1) is 13.2. The molecule has 2 N–H and O–H groups in total. The highest BCUT2D eigenvalue weighted by Gasteiger charge is 2.08. The van der Waals surface area contributed by atoms with E-state index < -0.39 is 0 Å². The summed E-state index contributed by atoms with van der Waals surface area (Å²) in [5.74, 6) is 0.873. The number of hydrogen-bond donors (Lipinski definition) is 1. The summed E-state index contributed by atoms with van der Waals surface area (Å²) in [5, 5.41) is 4.25. The lowest BCUT2D eigenvalue weighted by molar-refractivity contribution is 0.658. The molecule has 0 aliphatic heterocycles. The van der Waals surface area contributed by atoms with Gasteiger partial charge in [0.2, 0.25) is 0 Å². The molecule has 1 atom stereocenters. The van der Waals surface area contributed by atoms with Crippen molar-refractivity contribution in [1.29, 1.82) is 0 Å². The van der Waals surface area contributed by atoms with E-state index in [4.69, 9.17) is 5.73 Å². The maximum Gasteiger partial charge on any atom is 0.0537 e. The molecule has 4 heteroatoms. The first-order chi connectivity index (χ1) is 8.69. The zero-order chi connectivity index (χ0) is 13.0. The third-order valence-corrected chi connectivity index (χ3v) is 3.99. The lowest BCUT2D eigenvalue weighted by Gasteiger charge is -2.09. The Bertz CT molecular complexity index is 490. The third kappa shape index (κ3) is 3.37. The minimum atomic E-state index is 0.0385. The van der Waals surface area contributed by atoms with E-state index in [1.807, 2.05) is 17.1 Å². The molecular weight excluding hydrogens is 242 g/mol. The van der Waals surface area contributed by atoms with Gasteiger partial charge in [0.05, 0.1) is 6.20 Å². The average Bonchev–Trinajstić information content (AvgIpc) is 2.86. The smallest absolute Gasteiger partial charge is 0.0537 e. The normalized spacial score (nSPS) is 12.6. The molecular formula is C14H19N3S. The van der Waals surface area contributed by atoms with Gasteiger partial charge in [-0.3, -0.25) is 4.68 Å². The van der Waals surface area contributed by atoms with Gasteiger partial charge in [0.1, 0.15) is 0 Å². The van der Waals surface area contributed by atoms with Crippen LogP contribution in [0.25, 0.3) is 0 Å². The third-order valence-electron chi connectivity index (χ3n) is 2.86. The van der Waals surface area contributed by atoms with Crippen molar-refractivity contribution in [3.8, 4) is 0 Å². The Kier molecular flexibility index (Phi) is 4.44. The van der Waals surface area contributed by atoms with Crippen molar-refractivity contribution in [2.24, 2.45) is 5.73 Å². The lowest BCUT2D eigenvalue weighted by atomic mass is 10.2. The molecule has 0 aliphatic rings. The van der Waals surface area contributed by atoms with Crippen LogP contribution in [0.2, 0.25) is 0 Å². The molecule has 2 aromatic rings. The van der Waals surface area contributed by atoms with Crippen molar-refractivity contribution in [2.75, 3.05) is 5.75 Å². The van der Waals surface area contributed by atoms with Crippen molar-refractivity contribution in [3.05, 3.63) is 47.8 Å². The highest BCUT2D eigenvalue weighted by Crippen LogP contribution is 2.23. The molecule has 0 amide bonds. The van der Waals surface area contributed by atoms with E-state index in [9.17, 15) is 0 Å². The molecule has 0 radical (unpaired) electrons. The van der Waals surface area contributed by atoms with E-state index >= 15 is 0 Å². The monoisotopic (exact) mass is 261 g/mol. The Morgan fingerprint density at radius 2 is 2.06 bits per heavy atom. The highest BCUT2D eigenvalue weighted by molar-refractivity contribution is 7.99. The summed E-state index contributed by atoms with van der Waals surface area (Å²) in [6, 6.07) is 8.58. The number of thioether (sulfide) groups is 1. The van der Waals surface area contributed by atoms with Crippen molar-refractivity contribution < 1.29 is 0 Å². The molecule has 1 heterocycles. The largest absolute Gasteiger partial charge is 0.323 e. The highest BCUT2D eigenvalue weighted by atomic mass is 32.2. The summed E-state index contributed by atoms with van der Waals surface area (Å²) in [6.07, 6.45) is 3.89. The van der Waals surface area contributed by atoms with Crippen LogP contribution in [0.5, 0.6) is 0 Å². The lowest BCUT2D eigenvalue weighted by Crippen LogP contribution is -2.12. The van der Waals surface area contributed by atoms with Crippen LogP contribution in [0.1, 0.15) is 24.1 Å². The van der Waals surface area contributed by atoms with Crippen molar-refractivity contribution in [1.82, 2.24) is 9.78 Å². The quantitative estimate of drug-likeness (QED) is 0.841. The van der Waals surface area contributed by atoms with Crippen molar-refractivity contribution in [3.63, 3.8) is 0 Å². The van der Waals surface area contributed by atoms with E-state index in [2.05, 4.69) is 43.2 Å². The average molecular weight is 261 g/mol. The van der Waals surface area contributed by atoms with E-state index in [-0.39, 0.29) is 6.04 Å². The molecule has 0 saturated carbocycles. The molecule has 1 aromatic heterocycles. The first-order valence-corrected chi connectivity index (χ1v) is 7.15. The van der Waals surface area contributed by atoms with Gasteiger partial charge < -0.3 is 5.73 Å². The van der Waals surface area contributed by atoms with Crippen LogP contribution in [-0.4, -0.2) is 15.5 Å². The predicted molar refractivity (Wildman–Crippen MR) is 76.7 cm³/mol. The van der Waals surface area contributed by atoms with E-state index in [1.54, 1.807) is 11.8 Å². The van der Waals surface area contributed by atoms with Crippen LogP contribution in [0.15, 0.2) is 41.6 Å².